The minimum atomic E-state index is -1.82. The number of rotatable bonds is 7. The van der Waals surface area contributed by atoms with Crippen molar-refractivity contribution in [1.82, 2.24) is 9.80 Å². The summed E-state index contributed by atoms with van der Waals surface area (Å²) in [6, 6.07) is 5.30. The van der Waals surface area contributed by atoms with Crippen LogP contribution >= 0.6 is 23.2 Å². The zero-order valence-corrected chi connectivity index (χ0v) is 17.7. The molecule has 1 fully saturated rings. The summed E-state index contributed by atoms with van der Waals surface area (Å²) in [4.78, 5) is 34.9. The molecule has 0 spiro atoms. The summed E-state index contributed by atoms with van der Waals surface area (Å²) in [5.74, 6) is -3.62. The first kappa shape index (κ1) is 25.2. The number of halogens is 2. The second kappa shape index (κ2) is 12.6. The van der Waals surface area contributed by atoms with E-state index in [4.69, 9.17) is 43.0 Å². The van der Waals surface area contributed by atoms with E-state index in [0.717, 1.165) is 25.2 Å². The van der Waals surface area contributed by atoms with Gasteiger partial charge < -0.3 is 25.1 Å². The number of nitrogens with zero attached hydrogens (tertiary/aromatic N) is 2. The highest BCUT2D eigenvalue weighted by Crippen LogP contribution is 2.23. The number of hydrogen-bond donors (Lipinski definition) is 3. The molecule has 0 aliphatic carbocycles. The van der Waals surface area contributed by atoms with Crippen LogP contribution in [0, 0.1) is 0 Å². The third kappa shape index (κ3) is 8.99. The second-order valence-corrected chi connectivity index (χ2v) is 7.53. The molecule has 1 heterocycles. The number of benzene rings is 1. The Bertz CT molecular complexity index is 698. The third-order valence-corrected chi connectivity index (χ3v) is 5.33. The van der Waals surface area contributed by atoms with E-state index in [0.29, 0.717) is 16.5 Å². The molecule has 0 saturated carbocycles. The minimum absolute atomic E-state index is 0.0287. The van der Waals surface area contributed by atoms with Gasteiger partial charge in [-0.15, -0.1) is 0 Å². The van der Waals surface area contributed by atoms with E-state index in [1.165, 1.54) is 12.8 Å². The SMILES string of the molecule is CN(C(=O)Cc1ccc(Cl)c(Cl)c1)C(CCO)CN1CCCC1.O=C(O)C(=O)O. The van der Waals surface area contributed by atoms with Crippen LogP contribution in [0.15, 0.2) is 18.2 Å². The van der Waals surface area contributed by atoms with Crippen molar-refractivity contribution in [2.75, 3.05) is 33.3 Å². The van der Waals surface area contributed by atoms with Gasteiger partial charge in [-0.05, 0) is 50.0 Å². The van der Waals surface area contributed by atoms with Crippen molar-refractivity contribution in [3.63, 3.8) is 0 Å². The Kier molecular flexibility index (Phi) is 11.0. The Morgan fingerprint density at radius 1 is 1.10 bits per heavy atom. The largest absolute Gasteiger partial charge is 0.473 e. The first-order chi connectivity index (χ1) is 13.6. The zero-order chi connectivity index (χ0) is 22.0. The van der Waals surface area contributed by atoms with E-state index in [9.17, 15) is 9.90 Å². The second-order valence-electron chi connectivity index (χ2n) is 6.71. The van der Waals surface area contributed by atoms with E-state index >= 15 is 0 Å². The average molecular weight is 449 g/mol. The van der Waals surface area contributed by atoms with Crippen molar-refractivity contribution >= 4 is 41.0 Å². The van der Waals surface area contributed by atoms with Gasteiger partial charge in [0.05, 0.1) is 16.5 Å². The van der Waals surface area contributed by atoms with Crippen LogP contribution in [0.25, 0.3) is 0 Å². The molecule has 1 amide bonds. The average Bonchev–Trinajstić information content (AvgIpc) is 3.17. The van der Waals surface area contributed by atoms with Gasteiger partial charge in [-0.25, -0.2) is 9.59 Å². The quantitative estimate of drug-likeness (QED) is 0.545. The van der Waals surface area contributed by atoms with Gasteiger partial charge in [0.15, 0.2) is 0 Å². The molecule has 8 nitrogen and oxygen atoms in total. The summed E-state index contributed by atoms with van der Waals surface area (Å²) < 4.78 is 0. The molecule has 1 atom stereocenters. The molecule has 1 aromatic carbocycles. The summed E-state index contributed by atoms with van der Waals surface area (Å²) >= 11 is 11.9. The van der Waals surface area contributed by atoms with Gasteiger partial charge in [-0.1, -0.05) is 29.3 Å². The molecule has 162 valence electrons. The fourth-order valence-corrected chi connectivity index (χ4v) is 3.29. The van der Waals surface area contributed by atoms with Crippen molar-refractivity contribution in [3.8, 4) is 0 Å². The van der Waals surface area contributed by atoms with E-state index in [1.54, 1.807) is 17.0 Å². The Labute approximate surface area is 179 Å². The van der Waals surface area contributed by atoms with Crippen LogP contribution in [0.4, 0.5) is 0 Å². The Balaban J connectivity index is 0.000000612. The molecule has 0 aromatic heterocycles. The maximum atomic E-state index is 12.5. The number of aliphatic hydroxyl groups is 1. The van der Waals surface area contributed by atoms with Gasteiger partial charge in [0.2, 0.25) is 5.91 Å². The van der Waals surface area contributed by atoms with Crippen molar-refractivity contribution in [1.29, 1.82) is 0 Å². The van der Waals surface area contributed by atoms with Crippen molar-refractivity contribution in [2.45, 2.75) is 31.7 Å². The number of amides is 1. The summed E-state index contributed by atoms with van der Waals surface area (Å²) in [7, 11) is 1.82. The Morgan fingerprint density at radius 3 is 2.17 bits per heavy atom. The topological polar surface area (TPSA) is 118 Å². The number of carbonyl (C=O) groups excluding carboxylic acids is 1. The Morgan fingerprint density at radius 2 is 1.69 bits per heavy atom. The number of carboxylic acid groups (broad SMARTS) is 2. The Hall–Kier alpha value is -1.87. The van der Waals surface area contributed by atoms with Crippen LogP contribution in [0.1, 0.15) is 24.8 Å². The number of aliphatic carboxylic acids is 2. The standard InChI is InChI=1S/C17H24Cl2N2O2.C2H2O4/c1-20(14(6-9-22)12-21-7-2-3-8-21)17(23)11-13-4-5-15(18)16(19)10-13;3-1(4)2(5)6/h4-5,10,14,22H,2-3,6-9,11-12H2,1H3;(H,3,4)(H,5,6). The van der Waals surface area contributed by atoms with Gasteiger partial charge in [0.1, 0.15) is 0 Å². The normalized spacial score (nSPS) is 14.6. The number of likely N-dealkylation sites (N-methyl/N-ethyl adjacent to an activating group) is 1. The maximum Gasteiger partial charge on any atom is 0.414 e. The molecule has 1 aromatic rings. The molecule has 0 radical (unpaired) electrons. The van der Waals surface area contributed by atoms with E-state index in [1.807, 2.05) is 13.1 Å². The number of carboxylic acids is 2. The molecule has 10 heteroatoms. The lowest BCUT2D eigenvalue weighted by molar-refractivity contribution is -0.159. The molecule has 1 aliphatic heterocycles. The summed E-state index contributed by atoms with van der Waals surface area (Å²) in [6.07, 6.45) is 3.31. The van der Waals surface area contributed by atoms with Crippen LogP contribution in [-0.4, -0.2) is 82.3 Å². The molecular weight excluding hydrogens is 423 g/mol. The summed E-state index contributed by atoms with van der Waals surface area (Å²) in [5.41, 5.74) is 0.847. The fraction of sp³-hybridized carbons (Fsp3) is 0.526. The number of carbonyl (C=O) groups is 3. The van der Waals surface area contributed by atoms with Crippen molar-refractivity contribution in [2.24, 2.45) is 0 Å². The predicted octanol–water partition coefficient (Wildman–Crippen LogP) is 2.00. The zero-order valence-electron chi connectivity index (χ0n) is 16.2. The predicted molar refractivity (Wildman–Crippen MR) is 109 cm³/mol. The van der Waals surface area contributed by atoms with Crippen LogP contribution in [0.3, 0.4) is 0 Å². The first-order valence-corrected chi connectivity index (χ1v) is 9.90. The van der Waals surface area contributed by atoms with E-state index < -0.39 is 11.9 Å². The molecule has 1 unspecified atom stereocenters. The molecular formula is C19H26Cl2N2O6. The van der Waals surface area contributed by atoms with E-state index in [2.05, 4.69) is 4.90 Å². The molecule has 3 N–H and O–H groups in total. The lowest BCUT2D eigenvalue weighted by Gasteiger charge is -2.31. The van der Waals surface area contributed by atoms with Crippen molar-refractivity contribution in [3.05, 3.63) is 33.8 Å². The highest BCUT2D eigenvalue weighted by Gasteiger charge is 2.23. The first-order valence-electron chi connectivity index (χ1n) is 9.14. The molecule has 2 rings (SSSR count). The van der Waals surface area contributed by atoms with E-state index in [-0.39, 0.29) is 25.0 Å². The minimum Gasteiger partial charge on any atom is -0.473 e. The van der Waals surface area contributed by atoms with Crippen LogP contribution < -0.4 is 0 Å². The highest BCUT2D eigenvalue weighted by molar-refractivity contribution is 6.42. The summed E-state index contributed by atoms with van der Waals surface area (Å²) in [6.45, 7) is 3.07. The van der Waals surface area contributed by atoms with Gasteiger partial charge >= 0.3 is 11.9 Å². The number of aliphatic hydroxyl groups excluding tert-OH is 1. The maximum absolute atomic E-state index is 12.5. The lowest BCUT2D eigenvalue weighted by atomic mass is 10.1. The fourth-order valence-electron chi connectivity index (χ4n) is 2.97. The molecule has 1 aliphatic rings. The monoisotopic (exact) mass is 448 g/mol. The molecule has 0 bridgehead atoms. The number of likely N-dealkylation sites (tertiary alicyclic amines) is 1. The van der Waals surface area contributed by atoms with Gasteiger partial charge in [0, 0.05) is 26.2 Å². The lowest BCUT2D eigenvalue weighted by Crippen LogP contribution is -2.45. The smallest absolute Gasteiger partial charge is 0.414 e. The third-order valence-electron chi connectivity index (χ3n) is 4.59. The van der Waals surface area contributed by atoms with Gasteiger partial charge in [-0.2, -0.15) is 0 Å². The van der Waals surface area contributed by atoms with Crippen LogP contribution in [0.2, 0.25) is 10.0 Å². The molecule has 1 saturated heterocycles. The van der Waals surface area contributed by atoms with Gasteiger partial charge in [-0.3, -0.25) is 4.79 Å². The number of hydrogen-bond acceptors (Lipinski definition) is 5. The highest BCUT2D eigenvalue weighted by atomic mass is 35.5. The van der Waals surface area contributed by atoms with Crippen LogP contribution in [-0.2, 0) is 20.8 Å². The summed E-state index contributed by atoms with van der Waals surface area (Å²) in [5, 5.41) is 25.0. The van der Waals surface area contributed by atoms with Crippen LogP contribution in [0.5, 0.6) is 0 Å². The van der Waals surface area contributed by atoms with Gasteiger partial charge in [0.25, 0.3) is 0 Å². The van der Waals surface area contributed by atoms with Crippen molar-refractivity contribution < 1.29 is 29.7 Å². The molecule has 29 heavy (non-hydrogen) atoms.